The van der Waals surface area contributed by atoms with Crippen LogP contribution in [0.25, 0.3) is 11.3 Å². The Labute approximate surface area is 177 Å². The van der Waals surface area contributed by atoms with Crippen molar-refractivity contribution in [2.45, 2.75) is 65.7 Å². The highest BCUT2D eigenvalue weighted by atomic mass is 16.6. The van der Waals surface area contributed by atoms with Crippen LogP contribution in [-0.2, 0) is 9.53 Å². The molecule has 3 N–H and O–H groups in total. The van der Waals surface area contributed by atoms with Crippen molar-refractivity contribution in [3.05, 3.63) is 36.4 Å². The highest BCUT2D eigenvalue weighted by molar-refractivity contribution is 5.97. The second-order valence-corrected chi connectivity index (χ2v) is 8.66. The van der Waals surface area contributed by atoms with Crippen LogP contribution in [0.2, 0.25) is 0 Å². The standard InChI is InChI=1S/C22H31N3O5/c1-13(2)9-18(25-21(28)30-22(4,5)6)20(27)24-17-8-7-15(10-16(17)14(3)26)19-11-23-12-29-19/h7-8,10-14,18,26H,9H2,1-6H3,(H,24,27)(H,25,28). The molecule has 30 heavy (non-hydrogen) atoms. The van der Waals surface area contributed by atoms with Gasteiger partial charge in [0.1, 0.15) is 11.6 Å². The van der Waals surface area contributed by atoms with Crippen molar-refractivity contribution < 1.29 is 23.8 Å². The predicted octanol–water partition coefficient (Wildman–Crippen LogP) is 4.27. The van der Waals surface area contributed by atoms with Crippen LogP contribution in [0, 0.1) is 5.92 Å². The molecule has 2 rings (SSSR count). The number of aliphatic hydroxyl groups excluding tert-OH is 1. The van der Waals surface area contributed by atoms with Crippen LogP contribution in [0.4, 0.5) is 10.5 Å². The number of oxazole rings is 1. The maximum Gasteiger partial charge on any atom is 0.408 e. The van der Waals surface area contributed by atoms with Gasteiger partial charge in [0, 0.05) is 16.8 Å². The number of anilines is 1. The second-order valence-electron chi connectivity index (χ2n) is 8.66. The molecule has 0 aliphatic heterocycles. The fraction of sp³-hybridized carbons (Fsp3) is 0.500. The average Bonchev–Trinajstić information content (AvgIpc) is 3.13. The molecule has 0 bridgehead atoms. The Morgan fingerprint density at radius 3 is 2.47 bits per heavy atom. The number of aliphatic hydroxyl groups is 1. The van der Waals surface area contributed by atoms with E-state index in [4.69, 9.17) is 9.15 Å². The number of alkyl carbamates (subject to hydrolysis) is 1. The first kappa shape index (κ1) is 23.4. The number of rotatable bonds is 7. The van der Waals surface area contributed by atoms with Gasteiger partial charge >= 0.3 is 6.09 Å². The third-order valence-electron chi connectivity index (χ3n) is 4.19. The molecule has 2 atom stereocenters. The SMILES string of the molecule is CC(C)CC(NC(=O)OC(C)(C)C)C(=O)Nc1ccc(-c2cnco2)cc1C(C)O. The number of hydrogen-bond acceptors (Lipinski definition) is 6. The van der Waals surface area contributed by atoms with Gasteiger partial charge in [-0.05, 0) is 58.2 Å². The maximum atomic E-state index is 12.9. The van der Waals surface area contributed by atoms with E-state index < -0.39 is 23.8 Å². The van der Waals surface area contributed by atoms with Gasteiger partial charge < -0.3 is 24.9 Å². The zero-order chi connectivity index (χ0) is 22.5. The lowest BCUT2D eigenvalue weighted by atomic mass is 10.0. The maximum absolute atomic E-state index is 12.9. The molecule has 1 aromatic carbocycles. The molecular weight excluding hydrogens is 386 g/mol. The second kappa shape index (κ2) is 9.75. The van der Waals surface area contributed by atoms with E-state index in [0.29, 0.717) is 23.4 Å². The van der Waals surface area contributed by atoms with Crippen molar-refractivity contribution in [3.8, 4) is 11.3 Å². The molecule has 0 aliphatic rings. The van der Waals surface area contributed by atoms with Gasteiger partial charge in [-0.2, -0.15) is 0 Å². The molecule has 0 saturated carbocycles. The minimum absolute atomic E-state index is 0.167. The largest absolute Gasteiger partial charge is 0.444 e. The van der Waals surface area contributed by atoms with Gasteiger partial charge in [0.05, 0.1) is 12.3 Å². The van der Waals surface area contributed by atoms with E-state index in [9.17, 15) is 14.7 Å². The first-order valence-electron chi connectivity index (χ1n) is 9.97. The normalized spacial score (nSPS) is 13.6. The third-order valence-corrected chi connectivity index (χ3v) is 4.19. The van der Waals surface area contributed by atoms with Gasteiger partial charge in [-0.25, -0.2) is 9.78 Å². The van der Waals surface area contributed by atoms with Crippen LogP contribution in [0.1, 0.15) is 59.6 Å². The van der Waals surface area contributed by atoms with Crippen molar-refractivity contribution in [2.24, 2.45) is 5.92 Å². The molecule has 8 nitrogen and oxygen atoms in total. The van der Waals surface area contributed by atoms with E-state index in [0.717, 1.165) is 5.56 Å². The molecule has 0 saturated heterocycles. The highest BCUT2D eigenvalue weighted by Gasteiger charge is 2.26. The van der Waals surface area contributed by atoms with Crippen LogP contribution in [0.15, 0.2) is 35.2 Å². The molecule has 1 heterocycles. The topological polar surface area (TPSA) is 114 Å². The molecule has 2 aromatic rings. The fourth-order valence-corrected chi connectivity index (χ4v) is 2.91. The molecule has 2 unspecified atom stereocenters. The smallest absolute Gasteiger partial charge is 0.408 e. The number of nitrogens with zero attached hydrogens (tertiary/aromatic N) is 1. The summed E-state index contributed by atoms with van der Waals surface area (Å²) < 4.78 is 10.6. The number of benzene rings is 1. The molecule has 0 spiro atoms. The monoisotopic (exact) mass is 417 g/mol. The molecule has 1 aromatic heterocycles. The molecule has 0 aliphatic carbocycles. The van der Waals surface area contributed by atoms with Crippen molar-refractivity contribution >= 4 is 17.7 Å². The van der Waals surface area contributed by atoms with Gasteiger partial charge in [0.15, 0.2) is 12.2 Å². The summed E-state index contributed by atoms with van der Waals surface area (Å²) in [5, 5.41) is 15.7. The van der Waals surface area contributed by atoms with E-state index in [2.05, 4.69) is 15.6 Å². The summed E-state index contributed by atoms with van der Waals surface area (Å²) in [6.45, 7) is 10.8. The molecule has 164 valence electrons. The van der Waals surface area contributed by atoms with Crippen LogP contribution in [-0.4, -0.2) is 33.7 Å². The Morgan fingerprint density at radius 1 is 1.23 bits per heavy atom. The molecule has 0 fully saturated rings. The Balaban J connectivity index is 2.22. The number of ether oxygens (including phenoxy) is 1. The first-order valence-corrected chi connectivity index (χ1v) is 9.97. The van der Waals surface area contributed by atoms with Crippen molar-refractivity contribution in [1.82, 2.24) is 10.3 Å². The molecular formula is C22H31N3O5. The van der Waals surface area contributed by atoms with E-state index in [1.807, 2.05) is 13.8 Å². The minimum Gasteiger partial charge on any atom is -0.444 e. The van der Waals surface area contributed by atoms with Gasteiger partial charge in [0.2, 0.25) is 5.91 Å². The van der Waals surface area contributed by atoms with Crippen molar-refractivity contribution in [1.29, 1.82) is 0 Å². The van der Waals surface area contributed by atoms with Gasteiger partial charge in [-0.1, -0.05) is 13.8 Å². The zero-order valence-electron chi connectivity index (χ0n) is 18.4. The zero-order valence-corrected chi connectivity index (χ0v) is 18.4. The van der Waals surface area contributed by atoms with Gasteiger partial charge in [-0.15, -0.1) is 0 Å². The Kier molecular flexibility index (Phi) is 7.61. The number of hydrogen-bond donors (Lipinski definition) is 3. The van der Waals surface area contributed by atoms with Crippen LogP contribution in [0.5, 0.6) is 0 Å². The van der Waals surface area contributed by atoms with Crippen LogP contribution >= 0.6 is 0 Å². The number of carbonyl (C=O) groups excluding carboxylic acids is 2. The Hall–Kier alpha value is -2.87. The van der Waals surface area contributed by atoms with E-state index in [-0.39, 0.29) is 11.8 Å². The lowest BCUT2D eigenvalue weighted by molar-refractivity contribution is -0.118. The predicted molar refractivity (Wildman–Crippen MR) is 114 cm³/mol. The van der Waals surface area contributed by atoms with Crippen LogP contribution < -0.4 is 10.6 Å². The average molecular weight is 418 g/mol. The summed E-state index contributed by atoms with van der Waals surface area (Å²) in [4.78, 5) is 29.0. The van der Waals surface area contributed by atoms with E-state index in [1.165, 1.54) is 6.39 Å². The summed E-state index contributed by atoms with van der Waals surface area (Å²) in [7, 11) is 0. The lowest BCUT2D eigenvalue weighted by Crippen LogP contribution is -2.46. The lowest BCUT2D eigenvalue weighted by Gasteiger charge is -2.24. The Bertz CT molecular complexity index is 854. The molecule has 2 amide bonds. The summed E-state index contributed by atoms with van der Waals surface area (Å²) >= 11 is 0. The third kappa shape index (κ3) is 6.88. The quantitative estimate of drug-likeness (QED) is 0.620. The van der Waals surface area contributed by atoms with Gasteiger partial charge in [0.25, 0.3) is 0 Å². The fourth-order valence-electron chi connectivity index (χ4n) is 2.91. The summed E-state index contributed by atoms with van der Waals surface area (Å²) in [6, 6.07) is 4.41. The summed E-state index contributed by atoms with van der Waals surface area (Å²) in [6.07, 6.45) is 1.85. The number of nitrogens with one attached hydrogen (secondary N) is 2. The molecule has 0 radical (unpaired) electrons. The number of aromatic nitrogens is 1. The number of carbonyl (C=O) groups is 2. The van der Waals surface area contributed by atoms with Gasteiger partial charge in [-0.3, -0.25) is 4.79 Å². The van der Waals surface area contributed by atoms with E-state index >= 15 is 0 Å². The minimum atomic E-state index is -0.828. The Morgan fingerprint density at radius 2 is 1.93 bits per heavy atom. The summed E-state index contributed by atoms with van der Waals surface area (Å²) in [5.74, 6) is 0.337. The highest BCUT2D eigenvalue weighted by Crippen LogP contribution is 2.29. The van der Waals surface area contributed by atoms with Crippen LogP contribution in [0.3, 0.4) is 0 Å². The summed E-state index contributed by atoms with van der Waals surface area (Å²) in [5.41, 5.74) is 1.04. The van der Waals surface area contributed by atoms with Crippen molar-refractivity contribution in [2.75, 3.05) is 5.32 Å². The number of amides is 2. The van der Waals surface area contributed by atoms with Crippen molar-refractivity contribution in [3.63, 3.8) is 0 Å². The molecule has 8 heteroatoms. The van der Waals surface area contributed by atoms with E-state index in [1.54, 1.807) is 52.1 Å². The first-order chi connectivity index (χ1) is 14.0.